The number of carbonyl (C=O) groups excluding carboxylic acids is 1. The summed E-state index contributed by atoms with van der Waals surface area (Å²) in [5, 5.41) is 8.53. The molecule has 39 heavy (non-hydrogen) atoms. The summed E-state index contributed by atoms with van der Waals surface area (Å²) in [5.74, 6) is -1.20. The number of carbonyl (C=O) groups is 2. The second-order valence-electron chi connectivity index (χ2n) is 8.43. The third-order valence-electron chi connectivity index (χ3n) is 5.01. The molecule has 0 aliphatic heterocycles. The summed E-state index contributed by atoms with van der Waals surface area (Å²) in [5.41, 5.74) is 0. The number of esters is 1. The lowest BCUT2D eigenvalue weighted by Crippen LogP contribution is -2.15. The number of aliphatic carboxylic acids is 1. The number of carboxylic acid groups (broad SMARTS) is 1. The third kappa shape index (κ3) is 34.6. The molecule has 0 amide bonds. The van der Waals surface area contributed by atoms with E-state index < -0.39 is 5.97 Å². The average molecular weight is 569 g/mol. The first kappa shape index (κ1) is 37.6. The molecule has 12 nitrogen and oxygen atoms in total. The molecule has 12 heteroatoms. The van der Waals surface area contributed by atoms with Gasteiger partial charge in [-0.15, -0.1) is 0 Å². The van der Waals surface area contributed by atoms with E-state index in [1.54, 1.807) is 0 Å². The van der Waals surface area contributed by atoms with E-state index in [-0.39, 0.29) is 25.4 Å². The Kier molecular flexibility index (Phi) is 31.7. The van der Waals surface area contributed by atoms with Crippen LogP contribution in [0.15, 0.2) is 0 Å². The Bertz CT molecular complexity index is 521. The normalized spacial score (nSPS) is 11.2. The molecule has 0 spiro atoms. The monoisotopic (exact) mass is 568 g/mol. The van der Waals surface area contributed by atoms with E-state index in [1.165, 1.54) is 12.8 Å². The van der Waals surface area contributed by atoms with Gasteiger partial charge in [-0.1, -0.05) is 19.8 Å². The Balaban J connectivity index is 3.09. The molecular formula is C27H52O12. The average Bonchev–Trinajstić information content (AvgIpc) is 2.92. The Labute approximate surface area is 233 Å². The van der Waals surface area contributed by atoms with Crippen LogP contribution in [0.3, 0.4) is 0 Å². The third-order valence-corrected chi connectivity index (χ3v) is 5.01. The van der Waals surface area contributed by atoms with Crippen molar-refractivity contribution in [2.45, 2.75) is 51.9 Å². The summed E-state index contributed by atoms with van der Waals surface area (Å²) in [6.45, 7) is 10.5. The molecule has 0 bridgehead atoms. The molecule has 232 valence electrons. The van der Waals surface area contributed by atoms with Crippen molar-refractivity contribution in [1.29, 1.82) is 0 Å². The number of rotatable bonds is 33. The number of unbranched alkanes of at least 4 members (excludes halogenated alkanes) is 3. The molecule has 0 rings (SSSR count). The van der Waals surface area contributed by atoms with Crippen LogP contribution >= 0.6 is 0 Å². The Morgan fingerprint density at radius 3 is 1.13 bits per heavy atom. The number of carboxylic acids is 1. The fourth-order valence-corrected chi connectivity index (χ4v) is 2.93. The molecule has 0 aromatic rings. The fraction of sp³-hybridized carbons (Fsp3) is 0.926. The zero-order chi connectivity index (χ0) is 28.5. The highest BCUT2D eigenvalue weighted by molar-refractivity contribution is 5.69. The molecule has 0 aromatic carbocycles. The summed E-state index contributed by atoms with van der Waals surface area (Å²) in [7, 11) is 0. The van der Waals surface area contributed by atoms with E-state index in [4.69, 9.17) is 47.7 Å². The van der Waals surface area contributed by atoms with Gasteiger partial charge in [0.05, 0.1) is 99.1 Å². The summed E-state index contributed by atoms with van der Waals surface area (Å²) in [4.78, 5) is 21.8. The topological polar surface area (TPSA) is 137 Å². The van der Waals surface area contributed by atoms with E-state index >= 15 is 0 Å². The first-order valence-corrected chi connectivity index (χ1v) is 14.2. The Hall–Kier alpha value is -1.38. The molecule has 0 aliphatic carbocycles. The Morgan fingerprint density at radius 2 is 0.769 bits per heavy atom. The summed E-state index contributed by atoms with van der Waals surface area (Å²) < 4.78 is 48.4. The van der Waals surface area contributed by atoms with Crippen molar-refractivity contribution in [3.8, 4) is 0 Å². The van der Waals surface area contributed by atoms with Crippen molar-refractivity contribution in [2.75, 3.05) is 112 Å². The van der Waals surface area contributed by atoms with Gasteiger partial charge >= 0.3 is 11.9 Å². The molecule has 0 saturated heterocycles. The van der Waals surface area contributed by atoms with Crippen LogP contribution in [0.5, 0.6) is 0 Å². The second-order valence-corrected chi connectivity index (χ2v) is 8.43. The van der Waals surface area contributed by atoms with Crippen LogP contribution in [0, 0.1) is 0 Å². The first-order chi connectivity index (χ1) is 19.2. The standard InChI is InChI=1S/C27H52O12/c1-2-3-6-9-31-10-11-32-12-13-33-14-15-34-16-17-35-18-19-36-20-21-37-22-23-38-24-25-39-27(30)8-5-4-7-26(28)29/h2-25H2,1H3,(H,28,29). The van der Waals surface area contributed by atoms with E-state index in [2.05, 4.69) is 6.92 Å². The van der Waals surface area contributed by atoms with Crippen LogP contribution in [0.25, 0.3) is 0 Å². The van der Waals surface area contributed by atoms with Crippen molar-refractivity contribution < 1.29 is 57.3 Å². The quantitative estimate of drug-likeness (QED) is 0.0919. The van der Waals surface area contributed by atoms with E-state index in [0.717, 1.165) is 13.0 Å². The van der Waals surface area contributed by atoms with E-state index in [1.807, 2.05) is 0 Å². The molecular weight excluding hydrogens is 516 g/mol. The lowest BCUT2D eigenvalue weighted by molar-refractivity contribution is -0.146. The smallest absolute Gasteiger partial charge is 0.305 e. The van der Waals surface area contributed by atoms with Crippen molar-refractivity contribution >= 4 is 11.9 Å². The lowest BCUT2D eigenvalue weighted by Gasteiger charge is -2.09. The molecule has 0 aliphatic rings. The fourth-order valence-electron chi connectivity index (χ4n) is 2.93. The minimum Gasteiger partial charge on any atom is -0.481 e. The van der Waals surface area contributed by atoms with E-state index in [9.17, 15) is 9.59 Å². The highest BCUT2D eigenvalue weighted by Crippen LogP contribution is 2.01. The molecule has 0 unspecified atom stereocenters. The van der Waals surface area contributed by atoms with Crippen molar-refractivity contribution in [3.05, 3.63) is 0 Å². The van der Waals surface area contributed by atoms with Crippen molar-refractivity contribution in [2.24, 2.45) is 0 Å². The summed E-state index contributed by atoms with van der Waals surface area (Å²) in [6, 6.07) is 0. The number of hydrogen-bond acceptors (Lipinski definition) is 11. The first-order valence-electron chi connectivity index (χ1n) is 14.2. The van der Waals surface area contributed by atoms with Gasteiger partial charge in [-0.25, -0.2) is 0 Å². The number of hydrogen-bond donors (Lipinski definition) is 1. The van der Waals surface area contributed by atoms with Crippen LogP contribution in [0.1, 0.15) is 51.9 Å². The minimum atomic E-state index is -0.859. The van der Waals surface area contributed by atoms with Gasteiger partial charge in [-0.05, 0) is 19.3 Å². The molecule has 0 radical (unpaired) electrons. The predicted molar refractivity (Wildman–Crippen MR) is 143 cm³/mol. The van der Waals surface area contributed by atoms with Gasteiger partial charge in [0.15, 0.2) is 0 Å². The van der Waals surface area contributed by atoms with Crippen LogP contribution in [-0.2, 0) is 52.2 Å². The van der Waals surface area contributed by atoms with Gasteiger partial charge < -0.3 is 47.7 Å². The van der Waals surface area contributed by atoms with Gasteiger partial charge in [0.25, 0.3) is 0 Å². The maximum atomic E-state index is 11.4. The van der Waals surface area contributed by atoms with Gasteiger partial charge in [-0.2, -0.15) is 0 Å². The largest absolute Gasteiger partial charge is 0.481 e. The molecule has 0 heterocycles. The highest BCUT2D eigenvalue weighted by atomic mass is 16.6. The van der Waals surface area contributed by atoms with E-state index in [0.29, 0.717) is 112 Å². The molecule has 1 N–H and O–H groups in total. The van der Waals surface area contributed by atoms with Crippen LogP contribution in [-0.4, -0.2) is 129 Å². The minimum absolute atomic E-state index is 0.0652. The predicted octanol–water partition coefficient (Wildman–Crippen LogP) is 2.50. The highest BCUT2D eigenvalue weighted by Gasteiger charge is 2.04. The van der Waals surface area contributed by atoms with Crippen LogP contribution in [0.2, 0.25) is 0 Å². The lowest BCUT2D eigenvalue weighted by atomic mass is 10.2. The van der Waals surface area contributed by atoms with Crippen LogP contribution in [0.4, 0.5) is 0 Å². The summed E-state index contributed by atoms with van der Waals surface area (Å²) in [6.07, 6.45) is 4.78. The molecule has 0 saturated carbocycles. The van der Waals surface area contributed by atoms with Crippen LogP contribution < -0.4 is 0 Å². The summed E-state index contributed by atoms with van der Waals surface area (Å²) >= 11 is 0. The maximum Gasteiger partial charge on any atom is 0.305 e. The zero-order valence-electron chi connectivity index (χ0n) is 23.9. The zero-order valence-corrected chi connectivity index (χ0v) is 23.9. The SMILES string of the molecule is CCCCCOCCOCCOCCOCCOCCOCCOCCOCCOC(=O)CCCCC(=O)O. The molecule has 0 fully saturated rings. The molecule has 0 atom stereocenters. The molecule has 0 aromatic heterocycles. The second kappa shape index (κ2) is 32.8. The van der Waals surface area contributed by atoms with Gasteiger partial charge in [-0.3, -0.25) is 9.59 Å². The van der Waals surface area contributed by atoms with Gasteiger partial charge in [0.2, 0.25) is 0 Å². The maximum absolute atomic E-state index is 11.4. The van der Waals surface area contributed by atoms with Crippen molar-refractivity contribution in [1.82, 2.24) is 0 Å². The number of ether oxygens (including phenoxy) is 9. The van der Waals surface area contributed by atoms with Gasteiger partial charge in [0.1, 0.15) is 6.61 Å². The Morgan fingerprint density at radius 1 is 0.436 bits per heavy atom. The van der Waals surface area contributed by atoms with Gasteiger partial charge in [0, 0.05) is 19.4 Å². The van der Waals surface area contributed by atoms with Crippen molar-refractivity contribution in [3.63, 3.8) is 0 Å².